The maximum Gasteiger partial charge on any atom is 0.187 e. The molecule has 4 rings (SSSR count). The Morgan fingerprint density at radius 3 is 1.35 bits per heavy atom. The molecule has 0 spiro atoms. The first-order chi connectivity index (χ1) is 20.3. The van der Waals surface area contributed by atoms with Gasteiger partial charge in [-0.1, -0.05) is 0 Å². The summed E-state index contributed by atoms with van der Waals surface area (Å²) in [6.07, 6.45) is -22.8. The summed E-state index contributed by atoms with van der Waals surface area (Å²) < 4.78 is 34.4. The standard InChI is InChI=1S/C23H46N6O14/c24-1-4-11(31)14(34)9(28)21(38-4)41-18-6(3-30)40-23(17(18)37)43-20-16(36)7(26)13(33)8(27)19(20)42-22-10(29)15(35)12(32)5(2-25)39-22/h4-23,30-37H,1-3,24-29H2/t4-,5+,6+,7+,8-,9+,10+,11+,12+,13?,14+,15+,16-,17+,18+,19+,20+,21+,22+,23-/m0/s1. The van der Waals surface area contributed by atoms with E-state index in [1.165, 1.54) is 0 Å². The molecule has 3 heterocycles. The third-order valence-corrected chi connectivity index (χ3v) is 8.53. The van der Waals surface area contributed by atoms with Crippen molar-refractivity contribution in [1.29, 1.82) is 0 Å². The van der Waals surface area contributed by atoms with Crippen LogP contribution in [0.15, 0.2) is 0 Å². The molecular formula is C23H46N6O14. The van der Waals surface area contributed by atoms with Crippen LogP contribution in [-0.2, 0) is 28.4 Å². The number of nitrogens with two attached hydrogens (primary N) is 6. The molecular weight excluding hydrogens is 584 g/mol. The monoisotopic (exact) mass is 630 g/mol. The average Bonchev–Trinajstić information content (AvgIpc) is 3.29. The fourth-order valence-corrected chi connectivity index (χ4v) is 5.75. The summed E-state index contributed by atoms with van der Waals surface area (Å²) in [4.78, 5) is 0. The van der Waals surface area contributed by atoms with E-state index in [4.69, 9.17) is 62.8 Å². The number of hydrogen-bond donors (Lipinski definition) is 14. The Kier molecular flexibility index (Phi) is 11.7. The van der Waals surface area contributed by atoms with Crippen molar-refractivity contribution in [3.05, 3.63) is 0 Å². The van der Waals surface area contributed by atoms with Gasteiger partial charge in [0.05, 0.1) is 36.9 Å². The lowest BCUT2D eigenvalue weighted by molar-refractivity contribution is -0.312. The second-order valence-electron chi connectivity index (χ2n) is 11.3. The van der Waals surface area contributed by atoms with Crippen LogP contribution in [0.25, 0.3) is 0 Å². The van der Waals surface area contributed by atoms with Crippen molar-refractivity contribution in [3.63, 3.8) is 0 Å². The van der Waals surface area contributed by atoms with E-state index in [1.54, 1.807) is 0 Å². The normalized spacial score (nSPS) is 54.6. The average molecular weight is 631 g/mol. The molecule has 0 amide bonds. The van der Waals surface area contributed by atoms with Crippen LogP contribution < -0.4 is 34.4 Å². The Morgan fingerprint density at radius 2 is 0.884 bits per heavy atom. The lowest BCUT2D eigenvalue weighted by Crippen LogP contribution is -2.72. The fourth-order valence-electron chi connectivity index (χ4n) is 5.75. The van der Waals surface area contributed by atoms with E-state index in [0.29, 0.717) is 0 Å². The Hall–Kier alpha value is -0.800. The number of ether oxygens (including phenoxy) is 6. The Labute approximate surface area is 246 Å². The first-order valence-corrected chi connectivity index (χ1v) is 14.0. The van der Waals surface area contributed by atoms with Crippen LogP contribution >= 0.6 is 0 Å². The van der Waals surface area contributed by atoms with E-state index in [2.05, 4.69) is 0 Å². The summed E-state index contributed by atoms with van der Waals surface area (Å²) in [5, 5.41) is 83.6. The predicted molar refractivity (Wildman–Crippen MR) is 140 cm³/mol. The maximum atomic E-state index is 11.1. The molecule has 0 aromatic heterocycles. The van der Waals surface area contributed by atoms with Gasteiger partial charge in [-0.3, -0.25) is 0 Å². The van der Waals surface area contributed by atoms with Crippen molar-refractivity contribution in [2.45, 2.75) is 122 Å². The molecule has 252 valence electrons. The minimum absolute atomic E-state index is 0.187. The second kappa shape index (κ2) is 14.3. The highest BCUT2D eigenvalue weighted by molar-refractivity contribution is 5.06. The Bertz CT molecular complexity index is 899. The molecule has 4 aliphatic rings. The van der Waals surface area contributed by atoms with Gasteiger partial charge in [-0.25, -0.2) is 0 Å². The molecule has 20 N–H and O–H groups in total. The van der Waals surface area contributed by atoms with Gasteiger partial charge < -0.3 is 104 Å². The van der Waals surface area contributed by atoms with Crippen LogP contribution in [0.3, 0.4) is 0 Å². The minimum atomic E-state index is -1.67. The van der Waals surface area contributed by atoms with Gasteiger partial charge in [0, 0.05) is 13.1 Å². The molecule has 20 atom stereocenters. The van der Waals surface area contributed by atoms with Crippen LogP contribution in [0, 0.1) is 0 Å². The smallest absolute Gasteiger partial charge is 0.187 e. The van der Waals surface area contributed by atoms with E-state index in [1.807, 2.05) is 0 Å². The lowest BCUT2D eigenvalue weighted by atomic mass is 9.82. The highest BCUT2D eigenvalue weighted by Gasteiger charge is 2.56. The van der Waals surface area contributed by atoms with E-state index in [9.17, 15) is 40.9 Å². The van der Waals surface area contributed by atoms with Crippen molar-refractivity contribution in [2.24, 2.45) is 34.4 Å². The molecule has 20 nitrogen and oxygen atoms in total. The molecule has 43 heavy (non-hydrogen) atoms. The minimum Gasteiger partial charge on any atom is -0.394 e. The predicted octanol–water partition coefficient (Wildman–Crippen LogP) is -9.92. The van der Waals surface area contributed by atoms with Gasteiger partial charge >= 0.3 is 0 Å². The molecule has 20 heteroatoms. The van der Waals surface area contributed by atoms with Crippen LogP contribution in [-0.4, -0.2) is 183 Å². The zero-order chi connectivity index (χ0) is 31.9. The summed E-state index contributed by atoms with van der Waals surface area (Å²) in [5.74, 6) is 0. The fraction of sp³-hybridized carbons (Fsp3) is 1.00. The van der Waals surface area contributed by atoms with Crippen molar-refractivity contribution in [2.75, 3.05) is 19.7 Å². The van der Waals surface area contributed by atoms with Gasteiger partial charge in [-0.2, -0.15) is 0 Å². The van der Waals surface area contributed by atoms with Crippen molar-refractivity contribution in [1.82, 2.24) is 0 Å². The molecule has 0 aromatic rings. The van der Waals surface area contributed by atoms with Crippen molar-refractivity contribution in [3.8, 4) is 0 Å². The van der Waals surface area contributed by atoms with E-state index >= 15 is 0 Å². The second-order valence-corrected chi connectivity index (χ2v) is 11.3. The van der Waals surface area contributed by atoms with E-state index in [-0.39, 0.29) is 13.1 Å². The highest BCUT2D eigenvalue weighted by Crippen LogP contribution is 2.34. The molecule has 1 saturated carbocycles. The van der Waals surface area contributed by atoms with Gasteiger partial charge in [0.25, 0.3) is 0 Å². The molecule has 0 aromatic carbocycles. The highest BCUT2D eigenvalue weighted by atomic mass is 16.8. The van der Waals surface area contributed by atoms with Gasteiger partial charge in [0.1, 0.15) is 73.2 Å². The van der Waals surface area contributed by atoms with Crippen molar-refractivity contribution >= 4 is 0 Å². The molecule has 0 radical (unpaired) electrons. The third-order valence-electron chi connectivity index (χ3n) is 8.53. The SMILES string of the molecule is NC[C@@H]1O[C@H](O[C@H]2[C@@H](O)[C@H](O[C@@H]3[C@@H](O)[C@H](N)C(O)[C@H](N)[C@H]3O[C@H]3O[C@H](CN)[C@@H](O)[C@H](O)[C@H]3N)O[C@@H]2CO)[C@H](N)[C@@H](O)[C@@H]1O. The van der Waals surface area contributed by atoms with Crippen LogP contribution in [0.5, 0.6) is 0 Å². The summed E-state index contributed by atoms with van der Waals surface area (Å²) in [5.41, 5.74) is 35.4. The zero-order valence-corrected chi connectivity index (χ0v) is 23.2. The number of rotatable bonds is 9. The van der Waals surface area contributed by atoms with E-state index < -0.39 is 129 Å². The van der Waals surface area contributed by atoms with Gasteiger partial charge in [0.15, 0.2) is 18.9 Å². The molecule has 1 unspecified atom stereocenters. The molecule has 3 aliphatic heterocycles. The van der Waals surface area contributed by atoms with Crippen LogP contribution in [0.4, 0.5) is 0 Å². The summed E-state index contributed by atoms with van der Waals surface area (Å²) in [6.45, 7) is -1.08. The summed E-state index contributed by atoms with van der Waals surface area (Å²) in [6, 6.07) is -5.26. The molecule has 0 bridgehead atoms. The van der Waals surface area contributed by atoms with Gasteiger partial charge in [-0.05, 0) is 0 Å². The summed E-state index contributed by atoms with van der Waals surface area (Å²) >= 11 is 0. The molecule has 3 saturated heterocycles. The Morgan fingerprint density at radius 1 is 0.442 bits per heavy atom. The quantitative estimate of drug-likeness (QED) is 0.112. The number of aliphatic hydroxyl groups excluding tert-OH is 8. The largest absolute Gasteiger partial charge is 0.394 e. The maximum absolute atomic E-state index is 11.1. The van der Waals surface area contributed by atoms with Crippen LogP contribution in [0.1, 0.15) is 0 Å². The van der Waals surface area contributed by atoms with Gasteiger partial charge in [0.2, 0.25) is 0 Å². The van der Waals surface area contributed by atoms with Crippen LogP contribution in [0.2, 0.25) is 0 Å². The molecule has 1 aliphatic carbocycles. The van der Waals surface area contributed by atoms with Crippen molar-refractivity contribution < 1.29 is 69.3 Å². The topological polar surface area (TPSA) is 373 Å². The first-order valence-electron chi connectivity index (χ1n) is 14.0. The Balaban J connectivity index is 1.52. The third kappa shape index (κ3) is 6.70. The number of hydrogen-bond acceptors (Lipinski definition) is 20. The van der Waals surface area contributed by atoms with Gasteiger partial charge in [-0.15, -0.1) is 0 Å². The van der Waals surface area contributed by atoms with E-state index in [0.717, 1.165) is 0 Å². The molecule has 4 fully saturated rings. The lowest BCUT2D eigenvalue weighted by Gasteiger charge is -2.48. The zero-order valence-electron chi connectivity index (χ0n) is 23.2. The summed E-state index contributed by atoms with van der Waals surface area (Å²) in [7, 11) is 0. The number of aliphatic hydroxyl groups is 8. The first kappa shape index (κ1) is 35.1.